The molecule has 2 N–H and O–H groups in total. The predicted molar refractivity (Wildman–Crippen MR) is 79.4 cm³/mol. The molecule has 0 spiro atoms. The molecule has 104 valence electrons. The Balaban J connectivity index is 2.19. The number of carbonyl (C=O) groups excluding carboxylic acids is 1. The average molecular weight is 280 g/mol. The average Bonchev–Trinajstić information content (AvgIpc) is 2.67. The van der Waals surface area contributed by atoms with E-state index in [0.717, 1.165) is 31.0 Å². The van der Waals surface area contributed by atoms with Gasteiger partial charge in [0, 0.05) is 24.5 Å². The minimum atomic E-state index is -0.350. The van der Waals surface area contributed by atoms with E-state index in [2.05, 4.69) is 4.90 Å². The zero-order chi connectivity index (χ0) is 13.7. The van der Waals surface area contributed by atoms with Gasteiger partial charge in [-0.1, -0.05) is 12.1 Å². The number of carbonyl (C=O) groups is 1. The number of methoxy groups -OCH3 is 1. The first-order chi connectivity index (χ1) is 9.22. The molecule has 2 rings (SSSR count). The van der Waals surface area contributed by atoms with Crippen LogP contribution in [-0.2, 0) is 11.3 Å². The highest BCUT2D eigenvalue weighted by Crippen LogP contribution is 2.21. The summed E-state index contributed by atoms with van der Waals surface area (Å²) in [6, 6.07) is 5.60. The van der Waals surface area contributed by atoms with Crippen molar-refractivity contribution in [1.29, 1.82) is 0 Å². The number of benzene rings is 1. The fourth-order valence-corrected chi connectivity index (χ4v) is 3.22. The first-order valence-corrected chi connectivity index (χ1v) is 7.63. The summed E-state index contributed by atoms with van der Waals surface area (Å²) >= 11 is 1.99. The van der Waals surface area contributed by atoms with E-state index in [0.29, 0.717) is 11.3 Å². The number of ether oxygens (including phenoxy) is 1. The summed E-state index contributed by atoms with van der Waals surface area (Å²) in [5.41, 5.74) is 7.88. The van der Waals surface area contributed by atoms with Crippen molar-refractivity contribution in [2.24, 2.45) is 0 Å². The number of anilines is 1. The fourth-order valence-electron chi connectivity index (χ4n) is 2.30. The van der Waals surface area contributed by atoms with Gasteiger partial charge in [-0.25, -0.2) is 4.79 Å². The number of nitrogens with two attached hydrogens (primary N) is 1. The number of hydrogen-bond donors (Lipinski definition) is 1. The monoisotopic (exact) mass is 280 g/mol. The summed E-state index contributed by atoms with van der Waals surface area (Å²) in [5.74, 6) is 2.02. The highest BCUT2D eigenvalue weighted by atomic mass is 32.2. The van der Waals surface area contributed by atoms with Crippen molar-refractivity contribution in [3.8, 4) is 0 Å². The molecule has 0 unspecified atom stereocenters. The van der Waals surface area contributed by atoms with E-state index in [9.17, 15) is 4.79 Å². The number of nitrogens with zero attached hydrogens (tertiary/aromatic N) is 1. The second-order valence-corrected chi connectivity index (χ2v) is 5.84. The van der Waals surface area contributed by atoms with Crippen molar-refractivity contribution >= 4 is 23.4 Å². The molecule has 1 fully saturated rings. The zero-order valence-corrected chi connectivity index (χ0v) is 12.0. The van der Waals surface area contributed by atoms with Gasteiger partial charge in [-0.3, -0.25) is 4.90 Å². The number of rotatable bonds is 3. The summed E-state index contributed by atoms with van der Waals surface area (Å²) in [4.78, 5) is 14.2. The van der Waals surface area contributed by atoms with Crippen molar-refractivity contribution in [3.05, 3.63) is 29.3 Å². The maximum Gasteiger partial charge on any atom is 0.340 e. The number of thioether (sulfide) groups is 1. The maximum atomic E-state index is 11.8. The van der Waals surface area contributed by atoms with Crippen molar-refractivity contribution < 1.29 is 9.53 Å². The molecule has 19 heavy (non-hydrogen) atoms. The van der Waals surface area contributed by atoms with Gasteiger partial charge in [-0.05, 0) is 30.3 Å². The van der Waals surface area contributed by atoms with Crippen LogP contribution in [0.1, 0.15) is 22.3 Å². The maximum absolute atomic E-state index is 11.8. The topological polar surface area (TPSA) is 55.6 Å². The molecule has 0 atom stereocenters. The first kappa shape index (κ1) is 14.2. The van der Waals surface area contributed by atoms with E-state index in [1.807, 2.05) is 23.9 Å². The normalized spacial score (nSPS) is 16.9. The Bertz CT molecular complexity index is 443. The quantitative estimate of drug-likeness (QED) is 0.678. The van der Waals surface area contributed by atoms with E-state index in [-0.39, 0.29) is 5.97 Å². The van der Waals surface area contributed by atoms with Crippen LogP contribution >= 0.6 is 11.8 Å². The van der Waals surface area contributed by atoms with Gasteiger partial charge in [0.2, 0.25) is 0 Å². The Labute approximate surface area is 118 Å². The summed E-state index contributed by atoms with van der Waals surface area (Å²) in [6.45, 7) is 2.89. The highest BCUT2D eigenvalue weighted by molar-refractivity contribution is 7.99. The lowest BCUT2D eigenvalue weighted by atomic mass is 10.0. The predicted octanol–water partition coefficient (Wildman–Crippen LogP) is 1.99. The Kier molecular flexibility index (Phi) is 5.10. The smallest absolute Gasteiger partial charge is 0.340 e. The summed E-state index contributed by atoms with van der Waals surface area (Å²) < 4.78 is 4.83. The lowest BCUT2D eigenvalue weighted by molar-refractivity contribution is 0.0599. The van der Waals surface area contributed by atoms with Crippen molar-refractivity contribution in [2.45, 2.75) is 13.0 Å². The molecule has 1 aromatic carbocycles. The molecule has 0 aliphatic carbocycles. The molecule has 1 aliphatic heterocycles. The van der Waals surface area contributed by atoms with Crippen LogP contribution in [0.4, 0.5) is 5.69 Å². The highest BCUT2D eigenvalue weighted by Gasteiger charge is 2.18. The molecule has 0 bridgehead atoms. The molecule has 1 aliphatic rings. The number of nitrogen functional groups attached to an aromatic ring is 1. The molecule has 0 aromatic heterocycles. The molecular weight excluding hydrogens is 260 g/mol. The van der Waals surface area contributed by atoms with E-state index < -0.39 is 0 Å². The second-order valence-electron chi connectivity index (χ2n) is 4.62. The van der Waals surface area contributed by atoms with Crippen LogP contribution in [0.25, 0.3) is 0 Å². The molecule has 1 aromatic rings. The Morgan fingerprint density at radius 2 is 2.26 bits per heavy atom. The lowest BCUT2D eigenvalue weighted by Crippen LogP contribution is -2.26. The van der Waals surface area contributed by atoms with Gasteiger partial charge in [0.1, 0.15) is 0 Å². The zero-order valence-electron chi connectivity index (χ0n) is 11.2. The van der Waals surface area contributed by atoms with Crippen LogP contribution in [0, 0.1) is 0 Å². The summed E-state index contributed by atoms with van der Waals surface area (Å²) in [5, 5.41) is 0. The first-order valence-electron chi connectivity index (χ1n) is 6.48. The molecule has 0 amide bonds. The Morgan fingerprint density at radius 3 is 3.05 bits per heavy atom. The number of esters is 1. The molecule has 1 heterocycles. The van der Waals surface area contributed by atoms with Gasteiger partial charge in [0.25, 0.3) is 0 Å². The molecular formula is C14H20N2O2S. The van der Waals surface area contributed by atoms with E-state index in [4.69, 9.17) is 10.5 Å². The van der Waals surface area contributed by atoms with Crippen LogP contribution in [0.15, 0.2) is 18.2 Å². The second kappa shape index (κ2) is 6.82. The molecule has 0 saturated carbocycles. The minimum Gasteiger partial charge on any atom is -0.465 e. The van der Waals surface area contributed by atoms with Gasteiger partial charge in [0.05, 0.1) is 12.7 Å². The van der Waals surface area contributed by atoms with Crippen LogP contribution in [0.2, 0.25) is 0 Å². The van der Waals surface area contributed by atoms with Crippen LogP contribution in [-0.4, -0.2) is 42.6 Å². The summed E-state index contributed by atoms with van der Waals surface area (Å²) in [7, 11) is 1.39. The third kappa shape index (κ3) is 3.64. The lowest BCUT2D eigenvalue weighted by Gasteiger charge is -2.21. The van der Waals surface area contributed by atoms with Gasteiger partial charge < -0.3 is 10.5 Å². The van der Waals surface area contributed by atoms with E-state index >= 15 is 0 Å². The van der Waals surface area contributed by atoms with Gasteiger partial charge in [0.15, 0.2) is 0 Å². The SMILES string of the molecule is COC(=O)c1c(N)cccc1CN1CCCSCC1. The van der Waals surface area contributed by atoms with Crippen molar-refractivity contribution in [1.82, 2.24) is 4.90 Å². The van der Waals surface area contributed by atoms with E-state index in [1.54, 1.807) is 6.07 Å². The molecule has 1 saturated heterocycles. The van der Waals surface area contributed by atoms with Gasteiger partial charge >= 0.3 is 5.97 Å². The minimum absolute atomic E-state index is 0.350. The Hall–Kier alpha value is -1.20. The van der Waals surface area contributed by atoms with Crippen molar-refractivity contribution in [2.75, 3.05) is 37.4 Å². The molecule has 5 heteroatoms. The van der Waals surface area contributed by atoms with E-state index in [1.165, 1.54) is 19.3 Å². The summed E-state index contributed by atoms with van der Waals surface area (Å²) in [6.07, 6.45) is 1.19. The fraction of sp³-hybridized carbons (Fsp3) is 0.500. The Morgan fingerprint density at radius 1 is 1.42 bits per heavy atom. The molecule has 0 radical (unpaired) electrons. The van der Waals surface area contributed by atoms with Crippen LogP contribution in [0.3, 0.4) is 0 Å². The number of hydrogen-bond acceptors (Lipinski definition) is 5. The largest absolute Gasteiger partial charge is 0.465 e. The van der Waals surface area contributed by atoms with Crippen LogP contribution < -0.4 is 5.73 Å². The van der Waals surface area contributed by atoms with Gasteiger partial charge in [-0.2, -0.15) is 11.8 Å². The third-order valence-corrected chi connectivity index (χ3v) is 4.33. The van der Waals surface area contributed by atoms with Crippen molar-refractivity contribution in [3.63, 3.8) is 0 Å². The third-order valence-electron chi connectivity index (χ3n) is 3.28. The standard InChI is InChI=1S/C14H20N2O2S/c1-18-14(17)13-11(4-2-5-12(13)15)10-16-6-3-8-19-9-7-16/h2,4-5H,3,6-10,15H2,1H3. The van der Waals surface area contributed by atoms with Crippen LogP contribution in [0.5, 0.6) is 0 Å². The molecule has 4 nitrogen and oxygen atoms in total. The van der Waals surface area contributed by atoms with Gasteiger partial charge in [-0.15, -0.1) is 0 Å².